The minimum Gasteiger partial charge on any atom is -0.478 e. The molecular formula is C16H11ClFNO3S. The Hall–Kier alpha value is -2.18. The van der Waals surface area contributed by atoms with Crippen molar-refractivity contribution in [1.29, 1.82) is 0 Å². The topological polar surface area (TPSA) is 58.9 Å². The molecule has 0 atom stereocenters. The highest BCUT2D eigenvalue weighted by Crippen LogP contribution is 2.42. The van der Waals surface area contributed by atoms with E-state index in [1.54, 1.807) is 6.07 Å². The molecular weight excluding hydrogens is 341 g/mol. The summed E-state index contributed by atoms with van der Waals surface area (Å²) in [5.41, 5.74) is 1.87. The van der Waals surface area contributed by atoms with Crippen LogP contribution in [0.5, 0.6) is 0 Å². The number of rotatable bonds is 2. The van der Waals surface area contributed by atoms with Gasteiger partial charge in [-0.1, -0.05) is 11.6 Å². The van der Waals surface area contributed by atoms with Crippen molar-refractivity contribution in [3.8, 4) is 0 Å². The predicted molar refractivity (Wildman–Crippen MR) is 88.3 cm³/mol. The lowest BCUT2D eigenvalue weighted by Gasteiger charge is -2.07. The van der Waals surface area contributed by atoms with E-state index in [2.05, 4.69) is 4.99 Å². The Balaban J connectivity index is 2.35. The van der Waals surface area contributed by atoms with Gasteiger partial charge in [-0.15, -0.1) is 11.3 Å². The SMILES string of the molecule is CCOC1=Nc2cc(F)ccc2/C(=C\C(=O)O)c2sc(Cl)cc21. The molecule has 1 aliphatic heterocycles. The van der Waals surface area contributed by atoms with Crippen LogP contribution in [-0.2, 0) is 9.53 Å². The molecule has 7 heteroatoms. The summed E-state index contributed by atoms with van der Waals surface area (Å²) in [4.78, 5) is 16.2. The molecule has 1 aliphatic rings. The highest BCUT2D eigenvalue weighted by atomic mass is 35.5. The lowest BCUT2D eigenvalue weighted by molar-refractivity contribution is -0.131. The first-order valence-electron chi connectivity index (χ1n) is 6.75. The van der Waals surface area contributed by atoms with Gasteiger partial charge in [0.05, 0.1) is 22.2 Å². The van der Waals surface area contributed by atoms with Crippen molar-refractivity contribution in [3.63, 3.8) is 0 Å². The summed E-state index contributed by atoms with van der Waals surface area (Å²) in [6, 6.07) is 5.70. The summed E-state index contributed by atoms with van der Waals surface area (Å²) < 4.78 is 19.6. The molecule has 0 spiro atoms. The summed E-state index contributed by atoms with van der Waals surface area (Å²) in [5, 5.41) is 9.19. The number of thiophene rings is 1. The predicted octanol–water partition coefficient (Wildman–Crippen LogP) is 4.49. The second-order valence-corrected chi connectivity index (χ2v) is 6.38. The number of aliphatic imine (C=N–C) groups is 1. The Morgan fingerprint density at radius 3 is 2.91 bits per heavy atom. The monoisotopic (exact) mass is 351 g/mol. The number of ether oxygens (including phenoxy) is 1. The molecule has 2 heterocycles. The number of halogens is 2. The molecule has 0 fully saturated rings. The van der Waals surface area contributed by atoms with Gasteiger partial charge < -0.3 is 9.84 Å². The van der Waals surface area contributed by atoms with Crippen LogP contribution < -0.4 is 0 Å². The zero-order valence-corrected chi connectivity index (χ0v) is 13.5. The van der Waals surface area contributed by atoms with E-state index in [0.717, 1.165) is 6.08 Å². The minimum absolute atomic E-state index is 0.297. The number of nitrogens with zero attached hydrogens (tertiary/aromatic N) is 1. The van der Waals surface area contributed by atoms with Gasteiger partial charge in [0, 0.05) is 28.2 Å². The quantitative estimate of drug-likeness (QED) is 0.811. The van der Waals surface area contributed by atoms with E-state index >= 15 is 0 Å². The van der Waals surface area contributed by atoms with Crippen molar-refractivity contribution in [1.82, 2.24) is 0 Å². The Kier molecular flexibility index (Phi) is 4.19. The van der Waals surface area contributed by atoms with Gasteiger partial charge in [0.2, 0.25) is 5.90 Å². The third-order valence-corrected chi connectivity index (χ3v) is 4.50. The van der Waals surface area contributed by atoms with E-state index in [0.29, 0.717) is 44.1 Å². The number of carboxylic acids is 1. The van der Waals surface area contributed by atoms with Crippen molar-refractivity contribution in [2.24, 2.45) is 4.99 Å². The van der Waals surface area contributed by atoms with Gasteiger partial charge >= 0.3 is 5.97 Å². The second kappa shape index (κ2) is 6.14. The van der Waals surface area contributed by atoms with Crippen molar-refractivity contribution in [3.05, 3.63) is 56.5 Å². The van der Waals surface area contributed by atoms with Crippen LogP contribution in [0, 0.1) is 5.82 Å². The van der Waals surface area contributed by atoms with E-state index in [1.807, 2.05) is 6.92 Å². The van der Waals surface area contributed by atoms with Crippen LogP contribution in [0.25, 0.3) is 5.57 Å². The maximum atomic E-state index is 13.6. The molecule has 23 heavy (non-hydrogen) atoms. The first kappa shape index (κ1) is 15.7. The molecule has 4 nitrogen and oxygen atoms in total. The fourth-order valence-electron chi connectivity index (χ4n) is 2.35. The van der Waals surface area contributed by atoms with Crippen molar-refractivity contribution in [2.45, 2.75) is 6.92 Å². The molecule has 0 unspecified atom stereocenters. The van der Waals surface area contributed by atoms with Crippen LogP contribution in [0.1, 0.15) is 22.9 Å². The fraction of sp³-hybridized carbons (Fsp3) is 0.125. The van der Waals surface area contributed by atoms with Gasteiger partial charge in [-0.2, -0.15) is 0 Å². The summed E-state index contributed by atoms with van der Waals surface area (Å²) >= 11 is 7.33. The summed E-state index contributed by atoms with van der Waals surface area (Å²) in [6.45, 7) is 2.18. The zero-order valence-electron chi connectivity index (χ0n) is 12.0. The van der Waals surface area contributed by atoms with Gasteiger partial charge in [0.25, 0.3) is 0 Å². The van der Waals surface area contributed by atoms with E-state index in [4.69, 9.17) is 16.3 Å². The first-order chi connectivity index (χ1) is 11.0. The van der Waals surface area contributed by atoms with Crippen LogP contribution >= 0.6 is 22.9 Å². The largest absolute Gasteiger partial charge is 0.478 e. The third-order valence-electron chi connectivity index (χ3n) is 3.20. The van der Waals surface area contributed by atoms with E-state index in [1.165, 1.54) is 29.5 Å². The third kappa shape index (κ3) is 3.00. The lowest BCUT2D eigenvalue weighted by Crippen LogP contribution is -2.06. The second-order valence-electron chi connectivity index (χ2n) is 4.70. The molecule has 0 bridgehead atoms. The van der Waals surface area contributed by atoms with Crippen molar-refractivity contribution < 1.29 is 19.0 Å². The average molecular weight is 352 g/mol. The number of hydrogen-bond acceptors (Lipinski definition) is 4. The lowest BCUT2D eigenvalue weighted by atomic mass is 10.0. The van der Waals surface area contributed by atoms with Crippen LogP contribution in [0.15, 0.2) is 35.3 Å². The number of carbonyl (C=O) groups is 1. The number of fused-ring (bicyclic) bond motifs is 2. The molecule has 3 rings (SSSR count). The summed E-state index contributed by atoms with van der Waals surface area (Å²) in [5.74, 6) is -1.27. The van der Waals surface area contributed by atoms with Crippen LogP contribution in [0.4, 0.5) is 10.1 Å². The van der Waals surface area contributed by atoms with Gasteiger partial charge in [-0.25, -0.2) is 14.2 Å². The van der Waals surface area contributed by atoms with Gasteiger partial charge in [-0.3, -0.25) is 0 Å². The van der Waals surface area contributed by atoms with E-state index in [-0.39, 0.29) is 0 Å². The smallest absolute Gasteiger partial charge is 0.328 e. The Morgan fingerprint density at radius 1 is 1.43 bits per heavy atom. The maximum Gasteiger partial charge on any atom is 0.328 e. The molecule has 0 radical (unpaired) electrons. The zero-order chi connectivity index (χ0) is 16.6. The van der Waals surface area contributed by atoms with E-state index < -0.39 is 11.8 Å². The summed E-state index contributed by atoms with van der Waals surface area (Å²) in [6.07, 6.45) is 1.08. The van der Waals surface area contributed by atoms with Crippen molar-refractivity contribution >= 4 is 46.1 Å². The summed E-state index contributed by atoms with van der Waals surface area (Å²) in [7, 11) is 0. The standard InChI is InChI=1S/C16H11ClFNO3S/c1-2-22-16-11-6-13(17)23-15(11)10(7-14(20)21)9-4-3-8(18)5-12(9)19-16/h3-7H,2H2,1H3,(H,20,21)/b10-7+. The van der Waals surface area contributed by atoms with Crippen LogP contribution in [-0.4, -0.2) is 23.6 Å². The van der Waals surface area contributed by atoms with Crippen molar-refractivity contribution in [2.75, 3.05) is 6.61 Å². The number of aliphatic carboxylic acids is 1. The molecule has 0 aliphatic carbocycles. The fourth-order valence-corrected chi connectivity index (χ4v) is 3.60. The minimum atomic E-state index is -1.11. The highest BCUT2D eigenvalue weighted by Gasteiger charge is 2.25. The number of hydrogen-bond donors (Lipinski definition) is 1. The van der Waals surface area contributed by atoms with Gasteiger partial charge in [0.1, 0.15) is 5.82 Å². The highest BCUT2D eigenvalue weighted by molar-refractivity contribution is 7.17. The van der Waals surface area contributed by atoms with Gasteiger partial charge in [-0.05, 0) is 25.1 Å². The van der Waals surface area contributed by atoms with Gasteiger partial charge in [0.15, 0.2) is 0 Å². The molecule has 2 aromatic rings. The molecule has 0 saturated heterocycles. The Morgan fingerprint density at radius 2 is 2.22 bits per heavy atom. The number of carboxylic acid groups (broad SMARTS) is 1. The molecule has 0 saturated carbocycles. The molecule has 0 amide bonds. The average Bonchev–Trinajstić information content (AvgIpc) is 2.82. The van der Waals surface area contributed by atoms with E-state index in [9.17, 15) is 14.3 Å². The Labute approximate surface area is 140 Å². The molecule has 1 aromatic heterocycles. The Bertz CT molecular complexity index is 857. The molecule has 1 N–H and O–H groups in total. The maximum absolute atomic E-state index is 13.6. The van der Waals surface area contributed by atoms with Crippen LogP contribution in [0.3, 0.4) is 0 Å². The normalized spacial score (nSPS) is 14.7. The van der Waals surface area contributed by atoms with Crippen LogP contribution in [0.2, 0.25) is 4.34 Å². The molecule has 118 valence electrons. The molecule has 1 aromatic carbocycles. The number of benzene rings is 1. The first-order valence-corrected chi connectivity index (χ1v) is 7.95.